The van der Waals surface area contributed by atoms with Crippen molar-refractivity contribution in [2.75, 3.05) is 68.8 Å². The van der Waals surface area contributed by atoms with Gasteiger partial charge >= 0.3 is 6.03 Å². The Morgan fingerprint density at radius 1 is 0.882 bits per heavy atom. The number of urea groups is 1. The number of amides is 5. The summed E-state index contributed by atoms with van der Waals surface area (Å²) in [5.41, 5.74) is 3.68. The van der Waals surface area contributed by atoms with Crippen LogP contribution in [0.2, 0.25) is 0 Å². The van der Waals surface area contributed by atoms with Crippen molar-refractivity contribution in [3.8, 4) is 16.9 Å². The Balaban J connectivity index is 0.678. The van der Waals surface area contributed by atoms with E-state index in [-0.39, 0.29) is 48.9 Å². The van der Waals surface area contributed by atoms with E-state index in [9.17, 15) is 37.5 Å². The molecule has 1 saturated carbocycles. The normalized spacial score (nSPS) is 22.2. The topological polar surface area (TPSA) is 178 Å². The number of aromatic nitrogens is 4. The lowest BCUT2D eigenvalue weighted by Crippen LogP contribution is -2.52. The second-order valence-electron chi connectivity index (χ2n) is 18.8. The second-order valence-corrected chi connectivity index (χ2v) is 18.8. The number of phenols is 1. The van der Waals surface area contributed by atoms with E-state index in [4.69, 9.17) is 19.8 Å². The molecule has 2 aromatic heterocycles. The molecule has 3 N–H and O–H groups in total. The molecule has 68 heavy (non-hydrogen) atoms. The third-order valence-corrected chi connectivity index (χ3v) is 14.7. The number of aromatic hydroxyl groups is 1. The van der Waals surface area contributed by atoms with Crippen LogP contribution in [0, 0.1) is 30.3 Å². The summed E-state index contributed by atoms with van der Waals surface area (Å²) in [6.45, 7) is 7.55. The van der Waals surface area contributed by atoms with Crippen LogP contribution in [0.3, 0.4) is 0 Å². The highest BCUT2D eigenvalue weighted by Crippen LogP contribution is 2.39. The van der Waals surface area contributed by atoms with Gasteiger partial charge in [-0.25, -0.2) is 23.5 Å². The van der Waals surface area contributed by atoms with Crippen molar-refractivity contribution in [2.24, 2.45) is 5.92 Å². The molecule has 1 aliphatic carbocycles. The molecule has 0 radical (unpaired) electrons. The number of fused-ring (bicyclic) bond motifs is 1. The lowest BCUT2D eigenvalue weighted by atomic mass is 9.86. The van der Waals surface area contributed by atoms with Crippen LogP contribution >= 0.6 is 0 Å². The molecule has 16 nitrogen and oxygen atoms in total. The van der Waals surface area contributed by atoms with Crippen molar-refractivity contribution < 1.29 is 42.2 Å². The van der Waals surface area contributed by atoms with E-state index in [0.717, 1.165) is 98.7 Å². The Morgan fingerprint density at radius 2 is 1.63 bits per heavy atom. The number of halogens is 3. The van der Waals surface area contributed by atoms with E-state index in [2.05, 4.69) is 20.4 Å². The number of nitrogens with zero attached hydrogens (tertiary/aromatic N) is 8. The van der Waals surface area contributed by atoms with E-state index in [0.29, 0.717) is 49.0 Å². The number of anilines is 2. The van der Waals surface area contributed by atoms with E-state index >= 15 is 0 Å². The zero-order valence-corrected chi connectivity index (χ0v) is 37.7. The summed E-state index contributed by atoms with van der Waals surface area (Å²) >= 11 is 0. The highest BCUT2D eigenvalue weighted by molar-refractivity contribution is 6.06. The van der Waals surface area contributed by atoms with Gasteiger partial charge in [0.1, 0.15) is 0 Å². The van der Waals surface area contributed by atoms with E-state index in [1.807, 2.05) is 59.4 Å². The van der Waals surface area contributed by atoms with Crippen LogP contribution in [-0.4, -0.2) is 129 Å². The van der Waals surface area contributed by atoms with Crippen molar-refractivity contribution >= 4 is 46.3 Å². The van der Waals surface area contributed by atoms with Gasteiger partial charge in [-0.3, -0.25) is 34.2 Å². The Morgan fingerprint density at radius 3 is 2.37 bits per heavy atom. The van der Waals surface area contributed by atoms with Crippen LogP contribution < -0.4 is 20.4 Å². The molecule has 5 aliphatic rings. The molecule has 10 rings (SSSR count). The van der Waals surface area contributed by atoms with Crippen LogP contribution in [0.5, 0.6) is 5.75 Å². The van der Waals surface area contributed by atoms with E-state index in [1.165, 1.54) is 4.90 Å². The van der Waals surface area contributed by atoms with Crippen LogP contribution in [0.15, 0.2) is 61.1 Å². The molecule has 4 saturated heterocycles. The van der Waals surface area contributed by atoms with Crippen LogP contribution in [0.25, 0.3) is 22.0 Å². The number of hydrogen-bond acceptors (Lipinski definition) is 11. The Hall–Kier alpha value is -6.60. The minimum Gasteiger partial charge on any atom is -0.503 e. The monoisotopic (exact) mass is 934 g/mol. The molecule has 4 aliphatic heterocycles. The first-order chi connectivity index (χ1) is 32.8. The number of benzene rings is 3. The van der Waals surface area contributed by atoms with Crippen molar-refractivity contribution in [1.82, 2.24) is 40.2 Å². The number of piperazine rings is 1. The minimum absolute atomic E-state index is 0.0711. The number of carbonyl (C=O) groups excluding carboxylic acids is 4. The maximum atomic E-state index is 14.2. The standard InChI is InChI=1S/C49H53F3N10O6/c1-29-2-5-32(21-40(29)61-13-10-41(63)56-48(61)67)46(66)59-14-11-49(12-15-59)23-36(28-68-49)58-16-18-60(19-17-58)47-54-25-34(26-55-47)31-6-7-33-27-62(57-39(33)20-31)35-8-3-30(4-9-35)24-53-45(65)37-22-38(50)44(64)43(52)42(37)51/h2,5-7,20-22,25-27,30,35-36,64H,3-4,8-19,23-24,28H2,1H3,(H,53,65)(H,56,63,67). The van der Waals surface area contributed by atoms with E-state index < -0.39 is 40.7 Å². The minimum atomic E-state index is -1.79. The number of carbonyl (C=O) groups is 4. The zero-order valence-electron chi connectivity index (χ0n) is 37.7. The zero-order chi connectivity index (χ0) is 47.3. The summed E-state index contributed by atoms with van der Waals surface area (Å²) in [5.74, 6) is -6.73. The van der Waals surface area contributed by atoms with Gasteiger partial charge in [0.15, 0.2) is 17.4 Å². The van der Waals surface area contributed by atoms with Crippen molar-refractivity contribution in [3.05, 3.63) is 95.2 Å². The molecule has 5 amide bonds. The summed E-state index contributed by atoms with van der Waals surface area (Å²) in [6.07, 6.45) is 11.6. The highest BCUT2D eigenvalue weighted by atomic mass is 19.2. The Labute approximate surface area is 390 Å². The molecule has 6 heterocycles. The molecule has 1 atom stereocenters. The Bertz CT molecular complexity index is 2770. The third kappa shape index (κ3) is 8.96. The van der Waals surface area contributed by atoms with Gasteiger partial charge in [0.2, 0.25) is 17.7 Å². The van der Waals surface area contributed by atoms with Gasteiger partial charge in [0.25, 0.3) is 11.8 Å². The summed E-state index contributed by atoms with van der Waals surface area (Å²) < 4.78 is 50.2. The maximum Gasteiger partial charge on any atom is 0.328 e. The van der Waals surface area contributed by atoms with Crippen molar-refractivity contribution in [1.29, 1.82) is 0 Å². The first kappa shape index (κ1) is 45.2. The van der Waals surface area contributed by atoms with E-state index in [1.54, 1.807) is 12.1 Å². The van der Waals surface area contributed by atoms with Gasteiger partial charge in [-0.05, 0) is 93.2 Å². The molecular formula is C49H53F3N10O6. The number of ether oxygens (including phenoxy) is 1. The van der Waals surface area contributed by atoms with Gasteiger partial charge in [-0.15, -0.1) is 0 Å². The maximum absolute atomic E-state index is 14.2. The van der Waals surface area contributed by atoms with Gasteiger partial charge in [0.05, 0.1) is 29.3 Å². The molecule has 1 unspecified atom stereocenters. The number of nitrogens with one attached hydrogen (secondary N) is 2. The van der Waals surface area contributed by atoms with Gasteiger partial charge in [-0.2, -0.15) is 9.49 Å². The SMILES string of the molecule is Cc1ccc(C(=O)N2CCC3(CC2)CC(N2CCN(c4ncc(-c5ccc6cn(C7CCC(CNC(=O)c8cc(F)c(O)c(F)c8F)CC7)nc6c5)cn4)CC2)CO3)cc1N1CCC(=O)NC1=O. The fraction of sp³-hybridized carbons (Fsp3) is 0.449. The predicted octanol–water partition coefficient (Wildman–Crippen LogP) is 6.12. The average Bonchev–Trinajstić information content (AvgIpc) is 3.99. The molecule has 5 aromatic rings. The summed E-state index contributed by atoms with van der Waals surface area (Å²) in [7, 11) is 0. The quantitative estimate of drug-likeness (QED) is 0.145. The van der Waals surface area contributed by atoms with Crippen molar-refractivity contribution in [3.63, 3.8) is 0 Å². The summed E-state index contributed by atoms with van der Waals surface area (Å²) in [5, 5.41) is 20.1. The van der Waals surface area contributed by atoms with Crippen LogP contribution in [-0.2, 0) is 9.53 Å². The van der Waals surface area contributed by atoms with Crippen molar-refractivity contribution in [2.45, 2.75) is 76.0 Å². The highest BCUT2D eigenvalue weighted by Gasteiger charge is 2.45. The first-order valence-corrected chi connectivity index (χ1v) is 23.4. The molecule has 356 valence electrons. The number of phenolic OH excluding ortho intramolecular Hbond substituents is 1. The first-order valence-electron chi connectivity index (χ1n) is 23.4. The number of imide groups is 1. The molecule has 3 aromatic carbocycles. The number of piperidine rings is 1. The lowest BCUT2D eigenvalue weighted by molar-refractivity contribution is -0.120. The number of hydrogen-bond donors (Lipinski definition) is 3. The fourth-order valence-corrected chi connectivity index (χ4v) is 10.5. The molecule has 1 spiro atoms. The fourth-order valence-electron chi connectivity index (χ4n) is 10.5. The molecular weight excluding hydrogens is 882 g/mol. The second kappa shape index (κ2) is 18.5. The number of rotatable bonds is 9. The van der Waals surface area contributed by atoms with Crippen LogP contribution in [0.4, 0.5) is 29.6 Å². The third-order valence-electron chi connectivity index (χ3n) is 14.7. The summed E-state index contributed by atoms with van der Waals surface area (Å²) in [6, 6.07) is 12.0. The largest absolute Gasteiger partial charge is 0.503 e. The van der Waals surface area contributed by atoms with Gasteiger partial charge in [-0.1, -0.05) is 18.2 Å². The molecule has 0 bridgehead atoms. The van der Waals surface area contributed by atoms with Gasteiger partial charge < -0.3 is 25.0 Å². The lowest BCUT2D eigenvalue weighted by Gasteiger charge is -2.40. The number of likely N-dealkylation sites (tertiary alicyclic amines) is 1. The Kier molecular flexibility index (Phi) is 12.3. The predicted molar refractivity (Wildman–Crippen MR) is 245 cm³/mol. The van der Waals surface area contributed by atoms with Gasteiger partial charge in [0, 0.05) is 106 Å². The number of aryl methyl sites for hydroxylation is 1. The molecule has 19 heteroatoms. The van der Waals surface area contributed by atoms with Crippen LogP contribution in [0.1, 0.15) is 83.7 Å². The smallest absolute Gasteiger partial charge is 0.328 e. The average molecular weight is 935 g/mol. The summed E-state index contributed by atoms with van der Waals surface area (Å²) in [4.78, 5) is 68.1. The molecule has 5 fully saturated rings.